The molecule has 1 aliphatic rings. The summed E-state index contributed by atoms with van der Waals surface area (Å²) in [6.07, 6.45) is 1.45. The van der Waals surface area contributed by atoms with Crippen LogP contribution in [0.25, 0.3) is 0 Å². The van der Waals surface area contributed by atoms with Crippen LogP contribution in [0.2, 0.25) is 0 Å². The molecule has 1 aromatic heterocycles. The van der Waals surface area contributed by atoms with Gasteiger partial charge in [0.1, 0.15) is 4.88 Å². The predicted molar refractivity (Wildman–Crippen MR) is 79.4 cm³/mol. The predicted octanol–water partition coefficient (Wildman–Crippen LogP) is 1.94. The Hall–Kier alpha value is -0.960. The van der Waals surface area contributed by atoms with E-state index in [0.29, 0.717) is 37.4 Å². The van der Waals surface area contributed by atoms with E-state index in [9.17, 15) is 13.2 Å². The number of aryl methyl sites for hydroxylation is 1. The van der Waals surface area contributed by atoms with Crippen LogP contribution >= 0.6 is 11.3 Å². The van der Waals surface area contributed by atoms with Gasteiger partial charge in [-0.15, -0.1) is 11.3 Å². The van der Waals surface area contributed by atoms with Crippen LogP contribution in [0, 0.1) is 6.92 Å². The SMILES string of the molecule is CCOC1CCN(S(=O)(=O)c2cc(C(=O)O)sc2C)CC1. The van der Waals surface area contributed by atoms with E-state index in [0.717, 1.165) is 11.3 Å². The number of thiophene rings is 1. The monoisotopic (exact) mass is 333 g/mol. The first-order valence-electron chi connectivity index (χ1n) is 6.81. The van der Waals surface area contributed by atoms with E-state index >= 15 is 0 Å². The molecule has 1 aliphatic heterocycles. The largest absolute Gasteiger partial charge is 0.477 e. The molecule has 6 nitrogen and oxygen atoms in total. The van der Waals surface area contributed by atoms with Gasteiger partial charge >= 0.3 is 5.97 Å². The molecule has 2 rings (SSSR count). The summed E-state index contributed by atoms with van der Waals surface area (Å²) in [5.74, 6) is -1.10. The smallest absolute Gasteiger partial charge is 0.345 e. The van der Waals surface area contributed by atoms with Crippen molar-refractivity contribution in [3.05, 3.63) is 15.8 Å². The molecule has 1 aromatic rings. The lowest BCUT2D eigenvalue weighted by Gasteiger charge is -2.30. The first-order valence-corrected chi connectivity index (χ1v) is 9.07. The van der Waals surface area contributed by atoms with Gasteiger partial charge in [-0.2, -0.15) is 4.31 Å². The average Bonchev–Trinajstić information content (AvgIpc) is 2.83. The molecule has 0 aromatic carbocycles. The van der Waals surface area contributed by atoms with E-state index in [1.165, 1.54) is 10.4 Å². The number of aromatic carboxylic acids is 1. The summed E-state index contributed by atoms with van der Waals surface area (Å²) in [5.41, 5.74) is 0. The normalized spacial score (nSPS) is 18.0. The van der Waals surface area contributed by atoms with Gasteiger partial charge in [0.25, 0.3) is 0 Å². The van der Waals surface area contributed by atoms with Crippen LogP contribution in [-0.4, -0.2) is 49.6 Å². The molecular weight excluding hydrogens is 314 g/mol. The Bertz CT molecular complexity index is 615. The number of rotatable bonds is 5. The Morgan fingerprint density at radius 2 is 2.10 bits per heavy atom. The van der Waals surface area contributed by atoms with Gasteiger partial charge in [-0.25, -0.2) is 13.2 Å². The molecule has 8 heteroatoms. The second kappa shape index (κ2) is 6.43. The number of hydrogen-bond donors (Lipinski definition) is 1. The van der Waals surface area contributed by atoms with Crippen LogP contribution in [0.3, 0.4) is 0 Å². The third-order valence-corrected chi connectivity index (χ3v) is 6.70. The molecule has 0 bridgehead atoms. The van der Waals surface area contributed by atoms with Crippen LogP contribution in [0.15, 0.2) is 11.0 Å². The summed E-state index contributed by atoms with van der Waals surface area (Å²) in [6, 6.07) is 1.26. The number of carboxylic acid groups (broad SMARTS) is 1. The highest BCUT2D eigenvalue weighted by molar-refractivity contribution is 7.89. The highest BCUT2D eigenvalue weighted by Crippen LogP contribution is 2.30. The van der Waals surface area contributed by atoms with Gasteiger partial charge in [0.2, 0.25) is 10.0 Å². The maximum Gasteiger partial charge on any atom is 0.345 e. The van der Waals surface area contributed by atoms with E-state index in [1.807, 2.05) is 6.92 Å². The third kappa shape index (κ3) is 3.45. The molecule has 1 N–H and O–H groups in total. The maximum atomic E-state index is 12.6. The fourth-order valence-corrected chi connectivity index (χ4v) is 5.31. The summed E-state index contributed by atoms with van der Waals surface area (Å²) in [5, 5.41) is 8.98. The maximum absolute atomic E-state index is 12.6. The molecule has 0 saturated carbocycles. The fourth-order valence-electron chi connectivity index (χ4n) is 2.44. The van der Waals surface area contributed by atoms with Crippen LogP contribution < -0.4 is 0 Å². The minimum absolute atomic E-state index is 0.0512. The van der Waals surface area contributed by atoms with Gasteiger partial charge in [-0.1, -0.05) is 0 Å². The van der Waals surface area contributed by atoms with Crippen molar-refractivity contribution in [3.8, 4) is 0 Å². The molecule has 0 amide bonds. The summed E-state index contributed by atoms with van der Waals surface area (Å²) < 4.78 is 32.1. The molecule has 0 unspecified atom stereocenters. The minimum Gasteiger partial charge on any atom is -0.477 e. The Labute approximate surface area is 128 Å². The van der Waals surface area contributed by atoms with E-state index in [-0.39, 0.29) is 15.9 Å². The summed E-state index contributed by atoms with van der Waals surface area (Å²) >= 11 is 0.992. The number of nitrogens with zero attached hydrogens (tertiary/aromatic N) is 1. The Morgan fingerprint density at radius 1 is 1.48 bits per heavy atom. The van der Waals surface area contributed by atoms with Crippen molar-refractivity contribution in [1.29, 1.82) is 0 Å². The zero-order valence-corrected chi connectivity index (χ0v) is 13.7. The Morgan fingerprint density at radius 3 is 2.57 bits per heavy atom. The van der Waals surface area contributed by atoms with Crippen LogP contribution in [0.1, 0.15) is 34.3 Å². The van der Waals surface area contributed by atoms with E-state index in [2.05, 4.69) is 0 Å². The second-order valence-electron chi connectivity index (χ2n) is 4.90. The van der Waals surface area contributed by atoms with Crippen LogP contribution in [0.4, 0.5) is 0 Å². The Kier molecular flexibility index (Phi) is 5.03. The van der Waals surface area contributed by atoms with Crippen molar-refractivity contribution < 1.29 is 23.1 Å². The lowest BCUT2D eigenvalue weighted by Crippen LogP contribution is -2.40. The van der Waals surface area contributed by atoms with Gasteiger partial charge in [-0.3, -0.25) is 0 Å². The molecule has 1 saturated heterocycles. The fraction of sp³-hybridized carbons (Fsp3) is 0.615. The van der Waals surface area contributed by atoms with E-state index < -0.39 is 16.0 Å². The van der Waals surface area contributed by atoms with E-state index in [4.69, 9.17) is 9.84 Å². The van der Waals surface area contributed by atoms with Crippen molar-refractivity contribution in [2.45, 2.75) is 37.7 Å². The molecule has 2 heterocycles. The van der Waals surface area contributed by atoms with Crippen LogP contribution in [0.5, 0.6) is 0 Å². The average molecular weight is 333 g/mol. The first-order chi connectivity index (χ1) is 9.86. The minimum atomic E-state index is -3.62. The van der Waals surface area contributed by atoms with Gasteiger partial charge < -0.3 is 9.84 Å². The van der Waals surface area contributed by atoms with Crippen molar-refractivity contribution in [3.63, 3.8) is 0 Å². The molecule has 0 spiro atoms. The number of ether oxygens (including phenoxy) is 1. The topological polar surface area (TPSA) is 83.9 Å². The van der Waals surface area contributed by atoms with Crippen molar-refractivity contribution in [1.82, 2.24) is 4.31 Å². The Balaban J connectivity index is 2.18. The van der Waals surface area contributed by atoms with Gasteiger partial charge in [0.15, 0.2) is 0 Å². The lowest BCUT2D eigenvalue weighted by molar-refractivity contribution is 0.0290. The van der Waals surface area contributed by atoms with Crippen LogP contribution in [-0.2, 0) is 14.8 Å². The number of carbonyl (C=O) groups is 1. The van der Waals surface area contributed by atoms with Crippen molar-refractivity contribution >= 4 is 27.3 Å². The lowest BCUT2D eigenvalue weighted by atomic mass is 10.1. The standard InChI is InChI=1S/C13H19NO5S2/c1-3-19-10-4-6-14(7-5-10)21(17,18)12-8-11(13(15)16)20-9(12)2/h8,10H,3-7H2,1-2H3,(H,15,16). The first kappa shape index (κ1) is 16.4. The molecule has 118 valence electrons. The van der Waals surface area contributed by atoms with E-state index in [1.54, 1.807) is 6.92 Å². The summed E-state index contributed by atoms with van der Waals surface area (Å²) in [4.78, 5) is 11.6. The zero-order valence-electron chi connectivity index (χ0n) is 12.0. The molecule has 0 radical (unpaired) electrons. The molecule has 1 fully saturated rings. The van der Waals surface area contributed by atoms with Gasteiger partial charge in [-0.05, 0) is 32.8 Å². The molecular formula is C13H19NO5S2. The summed E-state index contributed by atoms with van der Waals surface area (Å²) in [7, 11) is -3.62. The van der Waals surface area contributed by atoms with Gasteiger partial charge in [0, 0.05) is 24.6 Å². The molecule has 0 aliphatic carbocycles. The highest BCUT2D eigenvalue weighted by atomic mass is 32.2. The molecule has 0 atom stereocenters. The van der Waals surface area contributed by atoms with Crippen molar-refractivity contribution in [2.75, 3.05) is 19.7 Å². The third-order valence-electron chi connectivity index (χ3n) is 3.50. The number of carboxylic acids is 1. The number of sulfonamides is 1. The van der Waals surface area contributed by atoms with Gasteiger partial charge in [0.05, 0.1) is 11.0 Å². The second-order valence-corrected chi connectivity index (χ2v) is 8.06. The van der Waals surface area contributed by atoms with Crippen molar-refractivity contribution in [2.24, 2.45) is 0 Å². The zero-order chi connectivity index (χ0) is 15.6. The summed E-state index contributed by atoms with van der Waals surface area (Å²) in [6.45, 7) is 5.00. The quantitative estimate of drug-likeness (QED) is 0.890. The number of hydrogen-bond acceptors (Lipinski definition) is 5. The molecule has 21 heavy (non-hydrogen) atoms. The number of piperidine rings is 1. The highest BCUT2D eigenvalue weighted by Gasteiger charge is 2.32.